The number of likely N-dealkylation sites (tertiary alicyclic amines) is 1. The van der Waals surface area contributed by atoms with Crippen LogP contribution in [0.4, 0.5) is 10.1 Å². The van der Waals surface area contributed by atoms with Crippen LogP contribution in [0.3, 0.4) is 0 Å². The molecule has 9 heteroatoms. The zero-order chi connectivity index (χ0) is 23.3. The summed E-state index contributed by atoms with van der Waals surface area (Å²) in [4.78, 5) is 26.5. The van der Waals surface area contributed by atoms with Gasteiger partial charge in [0.2, 0.25) is 5.78 Å². The number of amides is 1. The zero-order valence-electron chi connectivity index (χ0n) is 17.7. The molecule has 3 rings (SSSR count). The van der Waals surface area contributed by atoms with Gasteiger partial charge in [0, 0.05) is 54.9 Å². The number of carbonyl (C=O) groups excluding carboxylic acids is 2. The summed E-state index contributed by atoms with van der Waals surface area (Å²) in [5.41, 5.74) is 12.5. The molecule has 0 spiro atoms. The minimum atomic E-state index is -0.748. The van der Waals surface area contributed by atoms with Crippen molar-refractivity contribution in [3.05, 3.63) is 65.0 Å². The monoisotopic (exact) mass is 440 g/mol. The number of hydrogen-bond donors (Lipinski definition) is 3. The minimum absolute atomic E-state index is 0.0259. The number of nitrogens with zero attached hydrogens (tertiary/aromatic N) is 1. The Morgan fingerprint density at radius 2 is 1.81 bits per heavy atom. The van der Waals surface area contributed by atoms with Gasteiger partial charge in [0.05, 0.1) is 6.61 Å². The normalized spacial score (nSPS) is 13.4. The maximum absolute atomic E-state index is 14.3. The van der Waals surface area contributed by atoms with Crippen molar-refractivity contribution in [2.24, 2.45) is 5.73 Å². The maximum Gasteiger partial charge on any atom is 0.253 e. The fraction of sp³-hybridized carbons (Fsp3) is 0.261. The lowest BCUT2D eigenvalue weighted by molar-refractivity contribution is -0.108. The molecule has 0 saturated carbocycles. The number of nitrogens with two attached hydrogens (primary N) is 2. The van der Waals surface area contributed by atoms with Crippen molar-refractivity contribution in [3.8, 4) is 5.75 Å². The molecule has 2 aromatic rings. The number of anilines is 1. The van der Waals surface area contributed by atoms with Gasteiger partial charge in [-0.25, -0.2) is 4.39 Å². The third-order valence-electron chi connectivity index (χ3n) is 5.06. The summed E-state index contributed by atoms with van der Waals surface area (Å²) in [6.45, 7) is 1.91. The minimum Gasteiger partial charge on any atom is -0.488 e. The van der Waals surface area contributed by atoms with Crippen LogP contribution in [-0.2, 0) is 9.53 Å². The van der Waals surface area contributed by atoms with Crippen molar-refractivity contribution in [2.45, 2.75) is 6.42 Å². The van der Waals surface area contributed by atoms with E-state index in [1.165, 1.54) is 13.2 Å². The van der Waals surface area contributed by atoms with Gasteiger partial charge in [-0.05, 0) is 30.2 Å². The Morgan fingerprint density at radius 1 is 1.16 bits per heavy atom. The van der Waals surface area contributed by atoms with Crippen molar-refractivity contribution in [2.75, 3.05) is 39.1 Å². The van der Waals surface area contributed by atoms with Crippen LogP contribution < -0.4 is 16.2 Å². The van der Waals surface area contributed by atoms with E-state index in [1.807, 2.05) is 0 Å². The van der Waals surface area contributed by atoms with Gasteiger partial charge in [-0.2, -0.15) is 0 Å². The van der Waals surface area contributed by atoms with Crippen molar-refractivity contribution >= 4 is 28.8 Å². The Hall–Kier alpha value is -3.72. The fourth-order valence-corrected chi connectivity index (χ4v) is 3.07. The van der Waals surface area contributed by atoms with E-state index < -0.39 is 17.3 Å². The van der Waals surface area contributed by atoms with Crippen LogP contribution in [0.2, 0.25) is 0 Å². The summed E-state index contributed by atoms with van der Waals surface area (Å²) in [5.74, 6) is -1.62. The highest BCUT2D eigenvalue weighted by Gasteiger charge is 2.21. The number of methoxy groups -OCH3 is 1. The summed E-state index contributed by atoms with van der Waals surface area (Å²) in [5, 5.41) is 8.13. The Labute approximate surface area is 185 Å². The fourth-order valence-electron chi connectivity index (χ4n) is 3.07. The number of benzene rings is 2. The number of ether oxygens (including phenoxy) is 2. The van der Waals surface area contributed by atoms with E-state index in [1.54, 1.807) is 29.2 Å². The second-order valence-electron chi connectivity index (χ2n) is 7.27. The molecule has 0 radical (unpaired) electrons. The predicted molar refractivity (Wildman–Crippen MR) is 119 cm³/mol. The number of nitrogen functional groups attached to an aromatic ring is 1. The second kappa shape index (κ2) is 10.1. The average molecular weight is 440 g/mol. The number of carbonyl (C=O) groups is 2. The highest BCUT2D eigenvalue weighted by atomic mass is 19.1. The van der Waals surface area contributed by atoms with Crippen LogP contribution in [0, 0.1) is 11.2 Å². The maximum atomic E-state index is 14.3. The molecule has 0 aliphatic carbocycles. The molecule has 0 atom stereocenters. The van der Waals surface area contributed by atoms with E-state index in [4.69, 9.17) is 26.4 Å². The average Bonchev–Trinajstić information content (AvgIpc) is 2.74. The van der Waals surface area contributed by atoms with Crippen LogP contribution in [-0.4, -0.2) is 55.7 Å². The summed E-state index contributed by atoms with van der Waals surface area (Å²) >= 11 is 0. The SMILES string of the molecule is COCCOc1cc(N)c(C(=N)C(=O)/C=C(\N)c2ccc(C(=O)N3CCC3)cc2)cc1F. The van der Waals surface area contributed by atoms with Crippen molar-refractivity contribution in [1.82, 2.24) is 4.90 Å². The molecular formula is C23H25FN4O4. The molecule has 1 aliphatic rings. The molecule has 1 heterocycles. The molecular weight excluding hydrogens is 415 g/mol. The Bertz CT molecular complexity index is 1060. The molecule has 0 unspecified atom stereocenters. The van der Waals surface area contributed by atoms with E-state index in [0.717, 1.165) is 31.7 Å². The van der Waals surface area contributed by atoms with E-state index >= 15 is 0 Å². The van der Waals surface area contributed by atoms with E-state index in [0.29, 0.717) is 11.1 Å². The Balaban J connectivity index is 1.72. The molecule has 2 aromatic carbocycles. The van der Waals surface area contributed by atoms with Gasteiger partial charge in [-0.3, -0.25) is 15.0 Å². The molecule has 1 aliphatic heterocycles. The third kappa shape index (κ3) is 5.12. The lowest BCUT2D eigenvalue weighted by Crippen LogP contribution is -2.41. The Morgan fingerprint density at radius 3 is 2.41 bits per heavy atom. The molecule has 8 nitrogen and oxygen atoms in total. The number of nitrogens with one attached hydrogen (secondary N) is 1. The lowest BCUT2D eigenvalue weighted by atomic mass is 10.0. The van der Waals surface area contributed by atoms with Crippen molar-refractivity contribution in [3.63, 3.8) is 0 Å². The highest BCUT2D eigenvalue weighted by Crippen LogP contribution is 2.25. The van der Waals surface area contributed by atoms with Crippen LogP contribution in [0.5, 0.6) is 5.75 Å². The summed E-state index contributed by atoms with van der Waals surface area (Å²) in [6, 6.07) is 8.76. The Kier molecular flexibility index (Phi) is 7.21. The summed E-state index contributed by atoms with van der Waals surface area (Å²) < 4.78 is 24.4. The van der Waals surface area contributed by atoms with E-state index in [2.05, 4.69) is 0 Å². The van der Waals surface area contributed by atoms with Gasteiger partial charge in [-0.1, -0.05) is 12.1 Å². The van der Waals surface area contributed by atoms with Crippen LogP contribution >= 0.6 is 0 Å². The lowest BCUT2D eigenvalue weighted by Gasteiger charge is -2.30. The number of hydrogen-bond acceptors (Lipinski definition) is 7. The first-order chi connectivity index (χ1) is 15.3. The van der Waals surface area contributed by atoms with Gasteiger partial charge in [0.15, 0.2) is 11.6 Å². The molecule has 5 N–H and O–H groups in total. The van der Waals surface area contributed by atoms with Gasteiger partial charge in [-0.15, -0.1) is 0 Å². The summed E-state index contributed by atoms with van der Waals surface area (Å²) in [7, 11) is 1.49. The number of rotatable bonds is 9. The largest absolute Gasteiger partial charge is 0.488 e. The molecule has 0 bridgehead atoms. The van der Waals surface area contributed by atoms with E-state index in [9.17, 15) is 14.0 Å². The molecule has 0 aromatic heterocycles. The van der Waals surface area contributed by atoms with E-state index in [-0.39, 0.29) is 41.8 Å². The number of halogens is 1. The standard InChI is InChI=1S/C23H25FN4O4/c1-31-9-10-32-21-13-19(26)16(11-17(21)24)22(27)20(29)12-18(25)14-3-5-15(6-4-14)23(30)28-7-2-8-28/h3-6,11-13,27H,2,7-10,25-26H2,1H3/b18-12-,27-22?. The predicted octanol–water partition coefficient (Wildman–Crippen LogP) is 2.22. The topological polar surface area (TPSA) is 132 Å². The highest BCUT2D eigenvalue weighted by molar-refractivity contribution is 6.50. The molecule has 1 amide bonds. The van der Waals surface area contributed by atoms with Gasteiger partial charge >= 0.3 is 0 Å². The van der Waals surface area contributed by atoms with Crippen LogP contribution in [0.25, 0.3) is 5.70 Å². The molecule has 168 valence electrons. The van der Waals surface area contributed by atoms with Crippen LogP contribution in [0.1, 0.15) is 27.9 Å². The number of ketones is 1. The first kappa shape index (κ1) is 23.0. The summed E-state index contributed by atoms with van der Waals surface area (Å²) in [6.07, 6.45) is 2.08. The molecule has 1 fully saturated rings. The van der Waals surface area contributed by atoms with Gasteiger partial charge in [0.25, 0.3) is 5.91 Å². The van der Waals surface area contributed by atoms with Gasteiger partial charge in [0.1, 0.15) is 12.3 Å². The van der Waals surface area contributed by atoms with Crippen molar-refractivity contribution < 1.29 is 23.5 Å². The second-order valence-corrected chi connectivity index (χ2v) is 7.27. The zero-order valence-corrected chi connectivity index (χ0v) is 17.7. The van der Waals surface area contributed by atoms with Crippen molar-refractivity contribution in [1.29, 1.82) is 5.41 Å². The molecule has 1 saturated heterocycles. The first-order valence-corrected chi connectivity index (χ1v) is 10.0. The quantitative estimate of drug-likeness (QED) is 0.237. The first-order valence-electron chi connectivity index (χ1n) is 10.0. The molecule has 32 heavy (non-hydrogen) atoms. The van der Waals surface area contributed by atoms with Crippen LogP contribution in [0.15, 0.2) is 42.5 Å². The smallest absolute Gasteiger partial charge is 0.253 e. The van der Waals surface area contributed by atoms with Gasteiger partial charge < -0.3 is 25.8 Å². The third-order valence-corrected chi connectivity index (χ3v) is 5.06. The number of allylic oxidation sites excluding steroid dienone is 1.